The smallest absolute Gasteiger partial charge is 0.235 e. The Balaban J connectivity index is 4.74. The lowest BCUT2D eigenvalue weighted by molar-refractivity contribution is -0.972. The highest BCUT2D eigenvalue weighted by Crippen LogP contribution is 2.26. The van der Waals surface area contributed by atoms with E-state index in [2.05, 4.69) is 6.92 Å². The van der Waals surface area contributed by atoms with Crippen LogP contribution in [0.15, 0.2) is 0 Å². The summed E-state index contributed by atoms with van der Waals surface area (Å²) in [7, 11) is -5.03. The van der Waals surface area contributed by atoms with Crippen molar-refractivity contribution < 1.29 is 37.0 Å². The molecular formula is C27H57NO7S. The highest BCUT2D eigenvalue weighted by Gasteiger charge is 2.42. The Morgan fingerprint density at radius 3 is 1.42 bits per heavy atom. The molecule has 0 aliphatic carbocycles. The lowest BCUT2D eigenvalue weighted by Gasteiger charge is -2.46. The van der Waals surface area contributed by atoms with Crippen molar-refractivity contribution >= 4 is 10.4 Å². The summed E-state index contributed by atoms with van der Waals surface area (Å²) in [5.74, 6) is 0. The number of aliphatic hydroxyl groups is 3. The first-order valence-electron chi connectivity index (χ1n) is 14.7. The fourth-order valence-corrected chi connectivity index (χ4v) is 5.74. The van der Waals surface area contributed by atoms with Crippen LogP contribution >= 0.6 is 0 Å². The van der Waals surface area contributed by atoms with Crippen LogP contribution in [0.1, 0.15) is 129 Å². The topological polar surface area (TPSA) is 127 Å². The molecule has 8 nitrogen and oxygen atoms in total. The van der Waals surface area contributed by atoms with Crippen LogP contribution in [-0.4, -0.2) is 78.0 Å². The molecule has 0 aromatic heterocycles. The van der Waals surface area contributed by atoms with E-state index in [0.717, 1.165) is 25.7 Å². The van der Waals surface area contributed by atoms with Gasteiger partial charge in [-0.2, -0.15) is 0 Å². The van der Waals surface area contributed by atoms with Gasteiger partial charge in [0.25, 0.3) is 0 Å². The van der Waals surface area contributed by atoms with Gasteiger partial charge >= 0.3 is 0 Å². The second-order valence-corrected chi connectivity index (χ2v) is 11.4. The minimum atomic E-state index is -5.03. The largest absolute Gasteiger partial charge is 0.725 e. The first-order valence-corrected chi connectivity index (χ1v) is 16.0. The van der Waals surface area contributed by atoms with Crippen molar-refractivity contribution in [2.75, 3.05) is 32.8 Å². The fourth-order valence-electron chi connectivity index (χ4n) is 5.19. The van der Waals surface area contributed by atoms with Crippen LogP contribution in [0.4, 0.5) is 0 Å². The van der Waals surface area contributed by atoms with Crippen LogP contribution in [-0.2, 0) is 14.6 Å². The maximum absolute atomic E-state index is 11.5. The number of hydrogen-bond donors (Lipinski definition) is 3. The summed E-state index contributed by atoms with van der Waals surface area (Å²) < 4.78 is 39.7. The van der Waals surface area contributed by atoms with E-state index < -0.39 is 22.7 Å². The maximum Gasteiger partial charge on any atom is 0.235 e. The minimum absolute atomic E-state index is 0.0576. The Bertz CT molecular complexity index is 581. The average Bonchev–Trinajstić information content (AvgIpc) is 2.83. The summed E-state index contributed by atoms with van der Waals surface area (Å²) >= 11 is 0. The predicted octanol–water partition coefficient (Wildman–Crippen LogP) is 5.01. The number of quaternary nitrogens is 1. The van der Waals surface area contributed by atoms with Crippen LogP contribution in [0.5, 0.6) is 0 Å². The number of rotatable bonds is 27. The zero-order valence-corrected chi connectivity index (χ0v) is 24.1. The van der Waals surface area contributed by atoms with E-state index in [0.29, 0.717) is 45.3 Å². The Morgan fingerprint density at radius 2 is 1.06 bits per heavy atom. The van der Waals surface area contributed by atoms with Crippen LogP contribution in [0.25, 0.3) is 0 Å². The summed E-state index contributed by atoms with van der Waals surface area (Å²) in [5, 5.41) is 29.7. The lowest BCUT2D eigenvalue weighted by Crippen LogP contribution is -2.63. The lowest BCUT2D eigenvalue weighted by atomic mass is 10.0. The number of nitrogens with zero attached hydrogens (tertiary/aromatic N) is 1. The second-order valence-electron chi connectivity index (χ2n) is 10.4. The molecule has 0 radical (unpaired) electrons. The van der Waals surface area contributed by atoms with Gasteiger partial charge in [-0.05, 0) is 19.3 Å². The molecule has 3 N–H and O–H groups in total. The predicted molar refractivity (Wildman–Crippen MR) is 144 cm³/mol. The van der Waals surface area contributed by atoms with Gasteiger partial charge in [0.15, 0.2) is 0 Å². The molecule has 0 heterocycles. The monoisotopic (exact) mass is 539 g/mol. The summed E-state index contributed by atoms with van der Waals surface area (Å²) in [6.45, 7) is 5.21. The molecule has 0 amide bonds. The molecule has 0 saturated heterocycles. The van der Waals surface area contributed by atoms with Gasteiger partial charge < -0.3 is 19.9 Å². The molecule has 0 saturated carbocycles. The molecule has 0 aliphatic heterocycles. The third-order valence-electron chi connectivity index (χ3n) is 7.15. The Morgan fingerprint density at radius 1 is 0.667 bits per heavy atom. The molecule has 2 unspecified atom stereocenters. The van der Waals surface area contributed by atoms with Crippen molar-refractivity contribution in [2.45, 2.75) is 142 Å². The minimum Gasteiger partial charge on any atom is -0.725 e. The molecule has 9 heteroatoms. The van der Waals surface area contributed by atoms with Crippen molar-refractivity contribution in [3.8, 4) is 0 Å². The van der Waals surface area contributed by atoms with E-state index in [4.69, 9.17) is 4.18 Å². The van der Waals surface area contributed by atoms with Gasteiger partial charge in [0.2, 0.25) is 16.6 Å². The molecule has 0 aromatic carbocycles. The summed E-state index contributed by atoms with van der Waals surface area (Å²) in [6, 6.07) is 0. The van der Waals surface area contributed by atoms with Gasteiger partial charge in [0.05, 0.1) is 19.6 Å². The average molecular weight is 540 g/mol. The first-order chi connectivity index (χ1) is 17.3. The van der Waals surface area contributed by atoms with Crippen LogP contribution in [0.3, 0.4) is 0 Å². The van der Waals surface area contributed by atoms with E-state index in [9.17, 15) is 28.3 Å². The van der Waals surface area contributed by atoms with E-state index in [1.165, 1.54) is 64.2 Å². The number of aliphatic hydroxyl groups excluding tert-OH is 3. The van der Waals surface area contributed by atoms with E-state index in [1.807, 2.05) is 6.92 Å². The number of hydrogen-bond acceptors (Lipinski definition) is 7. The van der Waals surface area contributed by atoms with E-state index in [1.54, 1.807) is 0 Å². The second kappa shape index (κ2) is 22.7. The summed E-state index contributed by atoms with van der Waals surface area (Å²) in [6.07, 6.45) is 16.6. The Labute approximate surface area is 222 Å². The molecule has 0 rings (SSSR count). The van der Waals surface area contributed by atoms with Gasteiger partial charge in [-0.15, -0.1) is 0 Å². The van der Waals surface area contributed by atoms with E-state index >= 15 is 0 Å². The summed E-state index contributed by atoms with van der Waals surface area (Å²) in [4.78, 5) is 0. The van der Waals surface area contributed by atoms with Crippen molar-refractivity contribution in [3.05, 3.63) is 0 Å². The zero-order valence-electron chi connectivity index (χ0n) is 23.2. The van der Waals surface area contributed by atoms with Gasteiger partial charge in [-0.25, -0.2) is 12.6 Å². The Kier molecular flexibility index (Phi) is 22.5. The van der Waals surface area contributed by atoms with Crippen molar-refractivity contribution in [1.82, 2.24) is 0 Å². The molecule has 0 aromatic rings. The van der Waals surface area contributed by atoms with Crippen molar-refractivity contribution in [3.63, 3.8) is 0 Å². The Hall–Kier alpha value is -0.290. The highest BCUT2D eigenvalue weighted by molar-refractivity contribution is 7.80. The highest BCUT2D eigenvalue weighted by atomic mass is 32.3. The van der Waals surface area contributed by atoms with Crippen LogP contribution in [0.2, 0.25) is 0 Å². The number of unbranched alkanes of at least 4 members (excludes halogenated alkanes) is 13. The van der Waals surface area contributed by atoms with Gasteiger partial charge in [-0.1, -0.05) is 97.3 Å². The molecular weight excluding hydrogens is 482 g/mol. The van der Waals surface area contributed by atoms with Crippen LogP contribution < -0.4 is 0 Å². The maximum atomic E-state index is 11.5. The molecule has 0 fully saturated rings. The van der Waals surface area contributed by atoms with Crippen molar-refractivity contribution in [1.29, 1.82) is 0 Å². The standard InChI is InChI=1S/C27H57NO7S/c1-3-5-6-7-8-9-10-11-12-13-14-15-16-17-21-28(22-18-24-29,23-19-25-30)27(26(31)20-4-2)35-36(32,33)34/h26-27,29-31H,3-25H2,1-2H3. The van der Waals surface area contributed by atoms with Crippen molar-refractivity contribution in [2.24, 2.45) is 0 Å². The molecule has 0 aliphatic rings. The third-order valence-corrected chi connectivity index (χ3v) is 7.58. The molecule has 36 heavy (non-hydrogen) atoms. The quantitative estimate of drug-likeness (QED) is 0.0440. The van der Waals surface area contributed by atoms with E-state index in [-0.39, 0.29) is 17.7 Å². The SMILES string of the molecule is CCCCCCCCCCCCCCCC[N+](CCCO)(CCCO)C(OS(=O)(=O)[O-])C(O)CCC. The first kappa shape index (κ1) is 35.7. The summed E-state index contributed by atoms with van der Waals surface area (Å²) in [5.41, 5.74) is 0. The van der Waals surface area contributed by atoms with Gasteiger partial charge in [0.1, 0.15) is 6.10 Å². The van der Waals surface area contributed by atoms with Gasteiger partial charge in [-0.3, -0.25) is 4.48 Å². The molecule has 0 spiro atoms. The normalized spacial score (nSPS) is 14.3. The third kappa shape index (κ3) is 18.0. The molecule has 0 bridgehead atoms. The zero-order chi connectivity index (χ0) is 27.1. The molecule has 218 valence electrons. The van der Waals surface area contributed by atoms with Gasteiger partial charge in [0, 0.05) is 26.1 Å². The fraction of sp³-hybridized carbons (Fsp3) is 1.00. The van der Waals surface area contributed by atoms with Crippen LogP contribution in [0, 0.1) is 0 Å². The molecule has 2 atom stereocenters.